The summed E-state index contributed by atoms with van der Waals surface area (Å²) in [6, 6.07) is 14.7. The number of carbonyl (C=O) groups excluding carboxylic acids is 2. The van der Waals surface area contributed by atoms with Gasteiger partial charge < -0.3 is 10.2 Å². The number of hydrogen-bond acceptors (Lipinski definition) is 4. The first-order chi connectivity index (χ1) is 18.4. The number of benzene rings is 3. The van der Waals surface area contributed by atoms with E-state index in [0.717, 1.165) is 16.4 Å². The Bertz CT molecular complexity index is 1440. The highest BCUT2D eigenvalue weighted by Gasteiger charge is 2.32. The molecule has 0 saturated heterocycles. The number of anilines is 1. The molecule has 0 aromatic heterocycles. The van der Waals surface area contributed by atoms with E-state index in [4.69, 9.17) is 34.8 Å². The zero-order valence-electron chi connectivity index (χ0n) is 21.2. The molecule has 3 aromatic carbocycles. The van der Waals surface area contributed by atoms with E-state index in [2.05, 4.69) is 5.32 Å². The van der Waals surface area contributed by atoms with E-state index < -0.39 is 40.2 Å². The lowest BCUT2D eigenvalue weighted by Gasteiger charge is -2.32. The van der Waals surface area contributed by atoms with Crippen LogP contribution in [-0.2, 0) is 26.2 Å². The molecule has 0 saturated carbocycles. The van der Waals surface area contributed by atoms with Crippen LogP contribution in [0.2, 0.25) is 15.1 Å². The normalized spacial score (nSPS) is 12.1. The lowest BCUT2D eigenvalue weighted by Crippen LogP contribution is -2.51. The average Bonchev–Trinajstić information content (AvgIpc) is 2.92. The number of rotatable bonds is 11. The van der Waals surface area contributed by atoms with Crippen molar-refractivity contribution < 1.29 is 22.4 Å². The Labute approximate surface area is 242 Å². The molecule has 0 aliphatic heterocycles. The van der Waals surface area contributed by atoms with Crippen molar-refractivity contribution >= 4 is 62.3 Å². The molecule has 208 valence electrons. The van der Waals surface area contributed by atoms with Gasteiger partial charge in [-0.25, -0.2) is 12.8 Å². The zero-order valence-corrected chi connectivity index (χ0v) is 24.3. The summed E-state index contributed by atoms with van der Waals surface area (Å²) in [4.78, 5) is 27.9. The van der Waals surface area contributed by atoms with Crippen molar-refractivity contribution in [2.75, 3.05) is 17.4 Å². The minimum absolute atomic E-state index is 0.0174. The van der Waals surface area contributed by atoms with Crippen LogP contribution in [0.3, 0.4) is 0 Å². The van der Waals surface area contributed by atoms with Crippen LogP contribution < -0.4 is 9.62 Å². The minimum Gasteiger partial charge on any atom is -0.354 e. The van der Waals surface area contributed by atoms with E-state index in [0.29, 0.717) is 23.6 Å². The van der Waals surface area contributed by atoms with E-state index in [1.807, 2.05) is 6.92 Å². The van der Waals surface area contributed by atoms with Gasteiger partial charge in [-0.2, -0.15) is 0 Å². The van der Waals surface area contributed by atoms with Crippen LogP contribution in [0.4, 0.5) is 10.1 Å². The molecular formula is C27H27Cl3FN3O4S. The smallest absolute Gasteiger partial charge is 0.264 e. The molecule has 1 atom stereocenters. The first-order valence-electron chi connectivity index (χ1n) is 12.0. The van der Waals surface area contributed by atoms with Gasteiger partial charge in [-0.15, -0.1) is 0 Å². The molecule has 0 unspecified atom stereocenters. The van der Waals surface area contributed by atoms with Gasteiger partial charge in [0.1, 0.15) is 18.4 Å². The first kappa shape index (κ1) is 30.7. The Balaban J connectivity index is 2.04. The Hall–Kier alpha value is -2.85. The van der Waals surface area contributed by atoms with Gasteiger partial charge in [0.15, 0.2) is 0 Å². The van der Waals surface area contributed by atoms with Gasteiger partial charge in [-0.3, -0.25) is 13.9 Å². The average molecular weight is 615 g/mol. The van der Waals surface area contributed by atoms with Crippen LogP contribution in [0.5, 0.6) is 0 Å². The number of sulfonamides is 1. The van der Waals surface area contributed by atoms with Crippen molar-refractivity contribution in [3.63, 3.8) is 0 Å². The molecule has 7 nitrogen and oxygen atoms in total. The number of nitrogens with zero attached hydrogens (tertiary/aromatic N) is 2. The van der Waals surface area contributed by atoms with Gasteiger partial charge >= 0.3 is 0 Å². The predicted molar refractivity (Wildman–Crippen MR) is 152 cm³/mol. The van der Waals surface area contributed by atoms with E-state index in [9.17, 15) is 22.4 Å². The molecule has 0 spiro atoms. The Kier molecular flexibility index (Phi) is 10.6. The molecule has 12 heteroatoms. The van der Waals surface area contributed by atoms with Crippen molar-refractivity contribution in [3.8, 4) is 0 Å². The number of amides is 2. The molecule has 0 aliphatic carbocycles. The third kappa shape index (κ3) is 7.63. The van der Waals surface area contributed by atoms with Crippen molar-refractivity contribution in [1.82, 2.24) is 10.2 Å². The first-order valence-corrected chi connectivity index (χ1v) is 14.6. The van der Waals surface area contributed by atoms with Crippen LogP contribution >= 0.6 is 34.8 Å². The fourth-order valence-corrected chi connectivity index (χ4v) is 5.62. The van der Waals surface area contributed by atoms with Crippen molar-refractivity contribution in [2.24, 2.45) is 0 Å². The largest absolute Gasteiger partial charge is 0.354 e. The van der Waals surface area contributed by atoms with Gasteiger partial charge in [-0.1, -0.05) is 66.0 Å². The van der Waals surface area contributed by atoms with Gasteiger partial charge in [-0.05, 0) is 61.4 Å². The summed E-state index contributed by atoms with van der Waals surface area (Å²) < 4.78 is 42.1. The molecule has 2 amide bonds. The highest BCUT2D eigenvalue weighted by molar-refractivity contribution is 7.92. The summed E-state index contributed by atoms with van der Waals surface area (Å²) in [5, 5.41) is 3.03. The topological polar surface area (TPSA) is 86.8 Å². The standard InChI is InChI=1S/C27H27Cl3FN3O4S/c1-3-13-32-27(36)18(2)33(16-19-9-11-22(28)23(29)14-19)26(35)17-34(20-10-12-25(31)24(30)15-20)39(37,38)21-7-5-4-6-8-21/h4-12,14-15,18H,3,13,16-17H2,1-2H3,(H,32,36)/t18-/m1/s1. The summed E-state index contributed by atoms with van der Waals surface area (Å²) in [6.45, 7) is 3.10. The van der Waals surface area contributed by atoms with Gasteiger partial charge in [0, 0.05) is 13.1 Å². The van der Waals surface area contributed by atoms with Crippen LogP contribution in [0, 0.1) is 5.82 Å². The molecule has 0 aliphatic rings. The van der Waals surface area contributed by atoms with Crippen LogP contribution in [-0.4, -0.2) is 44.3 Å². The van der Waals surface area contributed by atoms with E-state index in [-0.39, 0.29) is 27.2 Å². The molecular weight excluding hydrogens is 588 g/mol. The molecule has 3 aromatic rings. The molecule has 1 N–H and O–H groups in total. The summed E-state index contributed by atoms with van der Waals surface area (Å²) in [5.74, 6) is -1.83. The van der Waals surface area contributed by atoms with E-state index in [1.165, 1.54) is 23.1 Å². The summed E-state index contributed by atoms with van der Waals surface area (Å²) in [6.07, 6.45) is 0.688. The predicted octanol–water partition coefficient (Wildman–Crippen LogP) is 5.92. The third-order valence-electron chi connectivity index (χ3n) is 5.85. The lowest BCUT2D eigenvalue weighted by atomic mass is 10.1. The maximum atomic E-state index is 13.9. The molecule has 0 bridgehead atoms. The fraction of sp³-hybridized carbons (Fsp3) is 0.259. The van der Waals surface area contributed by atoms with Crippen LogP contribution in [0.15, 0.2) is 71.6 Å². The minimum atomic E-state index is -4.29. The number of carbonyl (C=O) groups is 2. The quantitative estimate of drug-likeness (QED) is 0.290. The Morgan fingerprint density at radius 2 is 1.64 bits per heavy atom. The number of hydrogen-bond donors (Lipinski definition) is 1. The Morgan fingerprint density at radius 1 is 0.949 bits per heavy atom. The van der Waals surface area contributed by atoms with Crippen molar-refractivity contribution in [2.45, 2.75) is 37.8 Å². The van der Waals surface area contributed by atoms with Crippen LogP contribution in [0.1, 0.15) is 25.8 Å². The van der Waals surface area contributed by atoms with Gasteiger partial charge in [0.2, 0.25) is 11.8 Å². The molecule has 0 radical (unpaired) electrons. The number of halogens is 4. The van der Waals surface area contributed by atoms with E-state index in [1.54, 1.807) is 43.3 Å². The summed E-state index contributed by atoms with van der Waals surface area (Å²) in [5.41, 5.74) is 0.561. The zero-order chi connectivity index (χ0) is 28.7. The van der Waals surface area contributed by atoms with Gasteiger partial charge in [0.25, 0.3) is 10.0 Å². The summed E-state index contributed by atoms with van der Waals surface area (Å²) >= 11 is 18.2. The second-order valence-electron chi connectivity index (χ2n) is 8.66. The van der Waals surface area contributed by atoms with Gasteiger partial charge in [0.05, 0.1) is 25.7 Å². The van der Waals surface area contributed by atoms with Crippen molar-refractivity contribution in [1.29, 1.82) is 0 Å². The molecule has 39 heavy (non-hydrogen) atoms. The fourth-order valence-electron chi connectivity index (χ4n) is 3.70. The number of nitrogens with one attached hydrogen (secondary N) is 1. The second-order valence-corrected chi connectivity index (χ2v) is 11.7. The van der Waals surface area contributed by atoms with Crippen LogP contribution in [0.25, 0.3) is 0 Å². The Morgan fingerprint density at radius 3 is 2.26 bits per heavy atom. The highest BCUT2D eigenvalue weighted by Crippen LogP contribution is 2.29. The lowest BCUT2D eigenvalue weighted by molar-refractivity contribution is -0.139. The maximum absolute atomic E-state index is 13.9. The second kappa shape index (κ2) is 13.5. The molecule has 3 rings (SSSR count). The third-order valence-corrected chi connectivity index (χ3v) is 8.67. The molecule has 0 heterocycles. The van der Waals surface area contributed by atoms with Crippen molar-refractivity contribution in [3.05, 3.63) is 93.2 Å². The highest BCUT2D eigenvalue weighted by atomic mass is 35.5. The SMILES string of the molecule is CCCNC(=O)[C@@H](C)N(Cc1ccc(Cl)c(Cl)c1)C(=O)CN(c1ccc(F)c(Cl)c1)S(=O)(=O)c1ccccc1. The monoisotopic (exact) mass is 613 g/mol. The maximum Gasteiger partial charge on any atom is 0.264 e. The molecule has 0 fully saturated rings. The summed E-state index contributed by atoms with van der Waals surface area (Å²) in [7, 11) is -4.29. The van der Waals surface area contributed by atoms with E-state index >= 15 is 0 Å².